The third-order valence-electron chi connectivity index (χ3n) is 2.68. The predicted octanol–water partition coefficient (Wildman–Crippen LogP) is 2.23. The van der Waals surface area contributed by atoms with Crippen LogP contribution in [0.2, 0.25) is 0 Å². The summed E-state index contributed by atoms with van der Waals surface area (Å²) in [5.41, 5.74) is 0.798. The van der Waals surface area contributed by atoms with E-state index in [0.29, 0.717) is 6.61 Å². The number of carboxylic acid groups (broad SMARTS) is 1. The van der Waals surface area contributed by atoms with E-state index in [1.54, 1.807) is 13.2 Å². The second-order valence-electron chi connectivity index (χ2n) is 3.98. The number of carboxylic acids is 1. The second kappa shape index (κ2) is 8.04. The van der Waals surface area contributed by atoms with Crippen molar-refractivity contribution in [1.29, 1.82) is 0 Å². The maximum absolute atomic E-state index is 10.6. The summed E-state index contributed by atoms with van der Waals surface area (Å²) in [7, 11) is 1.61. The minimum atomic E-state index is -0.956. The number of methoxy groups -OCH3 is 1. The molecule has 0 aliphatic carbocycles. The fourth-order valence-corrected chi connectivity index (χ4v) is 2.65. The molecule has 5 nitrogen and oxygen atoms in total. The summed E-state index contributed by atoms with van der Waals surface area (Å²) >= 11 is 1.52. The zero-order valence-corrected chi connectivity index (χ0v) is 12.4. The Hall–Kier alpha value is -1.24. The zero-order chi connectivity index (χ0) is 14.3. The van der Waals surface area contributed by atoms with Crippen molar-refractivity contribution in [2.45, 2.75) is 27.0 Å². The number of nitrogens with zero attached hydrogens (tertiary/aromatic N) is 2. The summed E-state index contributed by atoms with van der Waals surface area (Å²) in [6.45, 7) is 7.34. The van der Waals surface area contributed by atoms with Gasteiger partial charge in [-0.05, 0) is 19.2 Å². The highest BCUT2D eigenvalue weighted by Gasteiger charge is 2.11. The van der Waals surface area contributed by atoms with Crippen LogP contribution in [0.4, 0.5) is 0 Å². The monoisotopic (exact) mass is 284 g/mol. The molecule has 0 amide bonds. The van der Waals surface area contributed by atoms with E-state index < -0.39 is 5.97 Å². The van der Waals surface area contributed by atoms with Crippen LogP contribution in [-0.2, 0) is 22.7 Å². The Morgan fingerprint density at radius 1 is 1.47 bits per heavy atom. The van der Waals surface area contributed by atoms with Crippen LogP contribution in [0.25, 0.3) is 6.08 Å². The molecule has 0 saturated carbocycles. The molecule has 0 saturated heterocycles. The third kappa shape index (κ3) is 5.10. The molecule has 1 aromatic heterocycles. The van der Waals surface area contributed by atoms with Gasteiger partial charge in [-0.2, -0.15) is 0 Å². The van der Waals surface area contributed by atoms with Crippen molar-refractivity contribution in [1.82, 2.24) is 9.88 Å². The first-order chi connectivity index (χ1) is 9.10. The summed E-state index contributed by atoms with van der Waals surface area (Å²) in [6, 6.07) is 0. The zero-order valence-electron chi connectivity index (χ0n) is 11.5. The van der Waals surface area contributed by atoms with Crippen molar-refractivity contribution in [3.05, 3.63) is 21.7 Å². The fraction of sp³-hybridized carbons (Fsp3) is 0.538. The number of aliphatic carboxylic acids is 1. The molecule has 106 valence electrons. The van der Waals surface area contributed by atoms with Gasteiger partial charge in [-0.1, -0.05) is 13.8 Å². The first kappa shape index (κ1) is 15.8. The lowest BCUT2D eigenvalue weighted by molar-refractivity contribution is -0.131. The molecule has 1 N–H and O–H groups in total. The quantitative estimate of drug-likeness (QED) is 0.742. The van der Waals surface area contributed by atoms with Crippen LogP contribution >= 0.6 is 11.3 Å². The van der Waals surface area contributed by atoms with E-state index in [-0.39, 0.29) is 0 Å². The van der Waals surface area contributed by atoms with Crippen molar-refractivity contribution in [3.8, 4) is 0 Å². The van der Waals surface area contributed by atoms with Crippen molar-refractivity contribution < 1.29 is 14.6 Å². The molecule has 1 rings (SSSR count). The number of aromatic nitrogens is 1. The highest BCUT2D eigenvalue weighted by Crippen LogP contribution is 2.22. The van der Waals surface area contributed by atoms with Gasteiger partial charge in [0.15, 0.2) is 0 Å². The molecule has 0 aromatic carbocycles. The van der Waals surface area contributed by atoms with Gasteiger partial charge in [0.25, 0.3) is 0 Å². The summed E-state index contributed by atoms with van der Waals surface area (Å²) in [6.07, 6.45) is 2.72. The number of thiazole rings is 1. The van der Waals surface area contributed by atoms with E-state index >= 15 is 0 Å². The number of rotatable bonds is 8. The standard InChI is InChI=1S/C13H20N2O3S/c1-4-15(5-2)8-12-14-10(9-18-3)11(19-12)6-7-13(16)17/h6-7H,4-5,8-9H2,1-3H3,(H,16,17)/b7-6+. The molecule has 0 bridgehead atoms. The Labute approximate surface area is 117 Å². The summed E-state index contributed by atoms with van der Waals surface area (Å²) in [4.78, 5) is 18.2. The Morgan fingerprint density at radius 2 is 2.16 bits per heavy atom. The van der Waals surface area contributed by atoms with E-state index in [4.69, 9.17) is 9.84 Å². The smallest absolute Gasteiger partial charge is 0.328 e. The van der Waals surface area contributed by atoms with Crippen LogP contribution in [0, 0.1) is 0 Å². The molecular weight excluding hydrogens is 264 g/mol. The van der Waals surface area contributed by atoms with Crippen molar-refractivity contribution in [2.24, 2.45) is 0 Å². The van der Waals surface area contributed by atoms with E-state index in [9.17, 15) is 4.79 Å². The molecular formula is C13H20N2O3S. The molecule has 1 heterocycles. The average molecular weight is 284 g/mol. The van der Waals surface area contributed by atoms with Crippen molar-refractivity contribution in [3.63, 3.8) is 0 Å². The molecule has 0 atom stereocenters. The number of hydrogen-bond donors (Lipinski definition) is 1. The molecule has 0 spiro atoms. The van der Waals surface area contributed by atoms with E-state index in [2.05, 4.69) is 23.7 Å². The van der Waals surface area contributed by atoms with Gasteiger partial charge in [-0.25, -0.2) is 9.78 Å². The molecule has 0 aliphatic heterocycles. The van der Waals surface area contributed by atoms with Crippen LogP contribution in [-0.4, -0.2) is 41.2 Å². The van der Waals surface area contributed by atoms with Crippen molar-refractivity contribution in [2.75, 3.05) is 20.2 Å². The molecule has 0 unspecified atom stereocenters. The van der Waals surface area contributed by atoms with Crippen LogP contribution < -0.4 is 0 Å². The van der Waals surface area contributed by atoms with Gasteiger partial charge in [0, 0.05) is 13.2 Å². The molecule has 1 aromatic rings. The highest BCUT2D eigenvalue weighted by atomic mass is 32.1. The maximum Gasteiger partial charge on any atom is 0.328 e. The molecule has 19 heavy (non-hydrogen) atoms. The molecule has 0 radical (unpaired) electrons. The van der Waals surface area contributed by atoms with Crippen LogP contribution in [0.1, 0.15) is 29.4 Å². The van der Waals surface area contributed by atoms with Gasteiger partial charge in [-0.15, -0.1) is 11.3 Å². The number of hydrogen-bond acceptors (Lipinski definition) is 5. The van der Waals surface area contributed by atoms with E-state index in [0.717, 1.165) is 41.3 Å². The lowest BCUT2D eigenvalue weighted by atomic mass is 10.3. The molecule has 0 fully saturated rings. The molecule has 6 heteroatoms. The number of ether oxygens (including phenoxy) is 1. The van der Waals surface area contributed by atoms with Gasteiger partial charge >= 0.3 is 5.97 Å². The third-order valence-corrected chi connectivity index (χ3v) is 3.73. The van der Waals surface area contributed by atoms with Crippen LogP contribution in [0.15, 0.2) is 6.08 Å². The second-order valence-corrected chi connectivity index (χ2v) is 5.10. The van der Waals surface area contributed by atoms with Crippen LogP contribution in [0.5, 0.6) is 0 Å². The topological polar surface area (TPSA) is 62.7 Å². The Bertz CT molecular complexity index is 439. The van der Waals surface area contributed by atoms with Gasteiger partial charge in [0.2, 0.25) is 0 Å². The fourth-order valence-electron chi connectivity index (χ4n) is 1.64. The van der Waals surface area contributed by atoms with Gasteiger partial charge in [-0.3, -0.25) is 4.90 Å². The number of carbonyl (C=O) groups is 1. The summed E-state index contributed by atoms with van der Waals surface area (Å²) in [5, 5.41) is 9.67. The van der Waals surface area contributed by atoms with E-state index in [1.807, 2.05) is 0 Å². The first-order valence-corrected chi connectivity index (χ1v) is 7.03. The highest BCUT2D eigenvalue weighted by molar-refractivity contribution is 7.12. The Kier molecular flexibility index (Phi) is 6.69. The lowest BCUT2D eigenvalue weighted by Crippen LogP contribution is -2.21. The lowest BCUT2D eigenvalue weighted by Gasteiger charge is -2.15. The average Bonchev–Trinajstić information content (AvgIpc) is 2.76. The Morgan fingerprint density at radius 3 is 2.68 bits per heavy atom. The largest absolute Gasteiger partial charge is 0.478 e. The summed E-state index contributed by atoms with van der Waals surface area (Å²) < 4.78 is 5.10. The predicted molar refractivity (Wildman–Crippen MR) is 76.1 cm³/mol. The minimum absolute atomic E-state index is 0.397. The Balaban J connectivity index is 2.89. The SMILES string of the molecule is CCN(CC)Cc1nc(COC)c(/C=C/C(=O)O)s1. The van der Waals surface area contributed by atoms with Gasteiger partial charge in [0.1, 0.15) is 5.01 Å². The summed E-state index contributed by atoms with van der Waals surface area (Å²) in [5.74, 6) is -0.956. The maximum atomic E-state index is 10.6. The van der Waals surface area contributed by atoms with E-state index in [1.165, 1.54) is 11.3 Å². The van der Waals surface area contributed by atoms with Gasteiger partial charge < -0.3 is 9.84 Å². The first-order valence-electron chi connectivity index (χ1n) is 6.21. The molecule has 0 aliphatic rings. The van der Waals surface area contributed by atoms with Gasteiger partial charge in [0.05, 0.1) is 23.7 Å². The minimum Gasteiger partial charge on any atom is -0.478 e. The van der Waals surface area contributed by atoms with Crippen molar-refractivity contribution >= 4 is 23.4 Å². The normalized spacial score (nSPS) is 11.6. The van der Waals surface area contributed by atoms with Crippen LogP contribution in [0.3, 0.4) is 0 Å².